The average Bonchev–Trinajstić information content (AvgIpc) is 2.39. The molecule has 2 N–H and O–H groups in total. The van der Waals surface area contributed by atoms with Crippen molar-refractivity contribution in [3.05, 3.63) is 29.8 Å². The van der Waals surface area contributed by atoms with Crippen molar-refractivity contribution in [2.24, 2.45) is 5.41 Å². The molecule has 0 aromatic heterocycles. The lowest BCUT2D eigenvalue weighted by Crippen LogP contribution is -2.32. The van der Waals surface area contributed by atoms with Gasteiger partial charge >= 0.3 is 5.97 Å². The standard InChI is InChI=1S/C15H21NO4/c1-15(2,14(18)19)8-9-16-13(17)10-11-4-6-12(20-3)7-5-11/h4-7H,8-10H2,1-3H3,(H,16,17)(H,18,19). The third kappa shape index (κ3) is 4.91. The molecule has 0 bridgehead atoms. The molecule has 0 unspecified atom stereocenters. The largest absolute Gasteiger partial charge is 0.497 e. The molecular weight excluding hydrogens is 258 g/mol. The van der Waals surface area contributed by atoms with E-state index in [1.54, 1.807) is 33.1 Å². The minimum Gasteiger partial charge on any atom is -0.497 e. The first-order valence-electron chi connectivity index (χ1n) is 6.48. The van der Waals surface area contributed by atoms with Crippen LogP contribution in [0, 0.1) is 5.41 Å². The van der Waals surface area contributed by atoms with Crippen molar-refractivity contribution >= 4 is 11.9 Å². The van der Waals surface area contributed by atoms with Crippen LogP contribution in [0.3, 0.4) is 0 Å². The van der Waals surface area contributed by atoms with E-state index in [1.165, 1.54) is 0 Å². The normalized spacial score (nSPS) is 10.9. The van der Waals surface area contributed by atoms with Crippen molar-refractivity contribution in [1.82, 2.24) is 5.32 Å². The highest BCUT2D eigenvalue weighted by molar-refractivity contribution is 5.78. The van der Waals surface area contributed by atoms with Crippen molar-refractivity contribution in [3.8, 4) is 5.75 Å². The van der Waals surface area contributed by atoms with Crippen LogP contribution in [0.25, 0.3) is 0 Å². The fourth-order valence-electron chi connectivity index (χ4n) is 1.61. The van der Waals surface area contributed by atoms with Gasteiger partial charge in [0.15, 0.2) is 0 Å². The molecule has 1 aromatic rings. The molecule has 0 spiro atoms. The lowest BCUT2D eigenvalue weighted by molar-refractivity contribution is -0.147. The van der Waals surface area contributed by atoms with Crippen molar-refractivity contribution in [3.63, 3.8) is 0 Å². The van der Waals surface area contributed by atoms with E-state index in [-0.39, 0.29) is 12.3 Å². The topological polar surface area (TPSA) is 75.6 Å². The zero-order chi connectivity index (χ0) is 15.2. The molecule has 5 heteroatoms. The van der Waals surface area contributed by atoms with Crippen LogP contribution < -0.4 is 10.1 Å². The number of hydrogen-bond donors (Lipinski definition) is 2. The number of hydrogen-bond acceptors (Lipinski definition) is 3. The number of carboxylic acids is 1. The van der Waals surface area contributed by atoms with Crippen molar-refractivity contribution in [1.29, 1.82) is 0 Å². The Balaban J connectivity index is 2.38. The summed E-state index contributed by atoms with van der Waals surface area (Å²) in [5, 5.41) is 11.7. The lowest BCUT2D eigenvalue weighted by Gasteiger charge is -2.18. The van der Waals surface area contributed by atoms with E-state index in [1.807, 2.05) is 12.1 Å². The van der Waals surface area contributed by atoms with Gasteiger partial charge in [-0.1, -0.05) is 12.1 Å². The number of aliphatic carboxylic acids is 1. The second-order valence-corrected chi connectivity index (χ2v) is 5.31. The SMILES string of the molecule is COc1ccc(CC(=O)NCCC(C)(C)C(=O)O)cc1. The summed E-state index contributed by atoms with van der Waals surface area (Å²) >= 11 is 0. The van der Waals surface area contributed by atoms with Gasteiger partial charge in [-0.05, 0) is 38.0 Å². The van der Waals surface area contributed by atoms with Crippen molar-refractivity contribution < 1.29 is 19.4 Å². The van der Waals surface area contributed by atoms with Gasteiger partial charge in [0, 0.05) is 6.54 Å². The molecule has 0 atom stereocenters. The van der Waals surface area contributed by atoms with Crippen LogP contribution in [0.4, 0.5) is 0 Å². The molecule has 0 radical (unpaired) electrons. The maximum atomic E-state index is 11.7. The number of nitrogens with one attached hydrogen (secondary N) is 1. The maximum Gasteiger partial charge on any atom is 0.309 e. The summed E-state index contributed by atoms with van der Waals surface area (Å²) in [6.07, 6.45) is 0.675. The highest BCUT2D eigenvalue weighted by atomic mass is 16.5. The van der Waals surface area contributed by atoms with Gasteiger partial charge in [-0.3, -0.25) is 9.59 Å². The fourth-order valence-corrected chi connectivity index (χ4v) is 1.61. The predicted octanol–water partition coefficient (Wildman–Crippen LogP) is 1.85. The molecule has 0 fully saturated rings. The zero-order valence-electron chi connectivity index (χ0n) is 12.1. The van der Waals surface area contributed by atoms with Crippen LogP contribution in [-0.2, 0) is 16.0 Å². The third-order valence-electron chi connectivity index (χ3n) is 3.17. The van der Waals surface area contributed by atoms with E-state index in [4.69, 9.17) is 9.84 Å². The predicted molar refractivity (Wildman–Crippen MR) is 75.7 cm³/mol. The van der Waals surface area contributed by atoms with Crippen LogP contribution >= 0.6 is 0 Å². The third-order valence-corrected chi connectivity index (χ3v) is 3.17. The Kier molecular flexibility index (Phi) is 5.55. The van der Waals surface area contributed by atoms with E-state index in [0.29, 0.717) is 13.0 Å². The van der Waals surface area contributed by atoms with Gasteiger partial charge in [0.2, 0.25) is 5.91 Å². The van der Waals surface area contributed by atoms with Gasteiger partial charge < -0.3 is 15.2 Å². The summed E-state index contributed by atoms with van der Waals surface area (Å²) in [5.74, 6) is -0.226. The highest BCUT2D eigenvalue weighted by Crippen LogP contribution is 2.19. The quantitative estimate of drug-likeness (QED) is 0.798. The first-order chi connectivity index (χ1) is 9.35. The summed E-state index contributed by atoms with van der Waals surface area (Å²) < 4.78 is 5.04. The molecule has 110 valence electrons. The Bertz CT molecular complexity index is 465. The minimum atomic E-state index is -0.859. The average molecular weight is 279 g/mol. The Morgan fingerprint density at radius 3 is 2.35 bits per heavy atom. The maximum absolute atomic E-state index is 11.7. The Morgan fingerprint density at radius 1 is 1.25 bits per heavy atom. The number of carboxylic acid groups (broad SMARTS) is 1. The van der Waals surface area contributed by atoms with Crippen molar-refractivity contribution in [2.45, 2.75) is 26.7 Å². The molecule has 1 aromatic carbocycles. The summed E-state index contributed by atoms with van der Waals surface area (Å²) in [4.78, 5) is 22.7. The summed E-state index contributed by atoms with van der Waals surface area (Å²) in [7, 11) is 1.59. The second kappa shape index (κ2) is 6.93. The van der Waals surface area contributed by atoms with Gasteiger partial charge in [-0.15, -0.1) is 0 Å². The Hall–Kier alpha value is -2.04. The molecule has 5 nitrogen and oxygen atoms in total. The molecule has 0 heterocycles. The van der Waals surface area contributed by atoms with Gasteiger partial charge in [-0.2, -0.15) is 0 Å². The molecular formula is C15H21NO4. The van der Waals surface area contributed by atoms with Gasteiger partial charge in [0.05, 0.1) is 18.9 Å². The fraction of sp³-hybridized carbons (Fsp3) is 0.467. The minimum absolute atomic E-state index is 0.114. The van der Waals surface area contributed by atoms with E-state index >= 15 is 0 Å². The van der Waals surface area contributed by atoms with E-state index in [9.17, 15) is 9.59 Å². The van der Waals surface area contributed by atoms with E-state index in [2.05, 4.69) is 5.32 Å². The first kappa shape index (κ1) is 16.0. The highest BCUT2D eigenvalue weighted by Gasteiger charge is 2.26. The van der Waals surface area contributed by atoms with Gasteiger partial charge in [0.25, 0.3) is 0 Å². The number of rotatable bonds is 7. The van der Waals surface area contributed by atoms with Crippen LogP contribution in [-0.4, -0.2) is 30.6 Å². The van der Waals surface area contributed by atoms with Crippen LogP contribution in [0.1, 0.15) is 25.8 Å². The molecule has 0 saturated carbocycles. The second-order valence-electron chi connectivity index (χ2n) is 5.31. The van der Waals surface area contributed by atoms with Crippen LogP contribution in [0.15, 0.2) is 24.3 Å². The number of amides is 1. The Labute approximate surface area is 118 Å². The monoisotopic (exact) mass is 279 g/mol. The van der Waals surface area contributed by atoms with Crippen molar-refractivity contribution in [2.75, 3.05) is 13.7 Å². The van der Waals surface area contributed by atoms with Crippen LogP contribution in [0.5, 0.6) is 5.75 Å². The molecule has 0 aliphatic heterocycles. The number of carbonyl (C=O) groups excluding carboxylic acids is 1. The molecule has 0 saturated heterocycles. The van der Waals surface area contributed by atoms with E-state index in [0.717, 1.165) is 11.3 Å². The molecule has 1 rings (SSSR count). The lowest BCUT2D eigenvalue weighted by atomic mass is 9.90. The smallest absolute Gasteiger partial charge is 0.309 e. The summed E-state index contributed by atoms with van der Waals surface area (Å²) in [6, 6.07) is 7.27. The summed E-state index contributed by atoms with van der Waals surface area (Å²) in [6.45, 7) is 3.64. The molecule has 1 amide bonds. The van der Waals surface area contributed by atoms with E-state index < -0.39 is 11.4 Å². The number of ether oxygens (including phenoxy) is 1. The number of methoxy groups -OCH3 is 1. The molecule has 0 aliphatic rings. The zero-order valence-corrected chi connectivity index (χ0v) is 12.1. The molecule has 0 aliphatic carbocycles. The Morgan fingerprint density at radius 2 is 1.85 bits per heavy atom. The molecule has 20 heavy (non-hydrogen) atoms. The number of benzene rings is 1. The van der Waals surface area contributed by atoms with Gasteiger partial charge in [-0.25, -0.2) is 0 Å². The van der Waals surface area contributed by atoms with Gasteiger partial charge in [0.1, 0.15) is 5.75 Å². The first-order valence-corrected chi connectivity index (χ1v) is 6.48. The summed E-state index contributed by atoms with van der Waals surface area (Å²) in [5.41, 5.74) is 0.0636. The van der Waals surface area contributed by atoms with Crippen LogP contribution in [0.2, 0.25) is 0 Å². The number of carbonyl (C=O) groups is 2.